The molecule has 73 heavy (non-hydrogen) atoms. The maximum absolute atomic E-state index is 6.14. The van der Waals surface area contributed by atoms with Crippen LogP contribution in [0.25, 0.3) is 156 Å². The fraction of sp³-hybridized carbons (Fsp3) is 0. The first-order valence-electron chi connectivity index (χ1n) is 24.7. The SMILES string of the molecule is c1ccc(-c2ccc3c(c2)c2c(-n4c5ccccc5c5c6ccccc6c6c7ccccc7sc6c54)nc(-n4c5ccccc5c5c6ccccc6c6c7ccccc7sc6c54)nc2n3-c2ccccc2)cc1. The highest BCUT2D eigenvalue weighted by molar-refractivity contribution is 7.27. The Morgan fingerprint density at radius 3 is 1.34 bits per heavy atom. The average molecular weight is 964 g/mol. The van der Waals surface area contributed by atoms with Crippen LogP contribution in [-0.4, -0.2) is 23.7 Å². The lowest BCUT2D eigenvalue weighted by atomic mass is 9.99. The standard InChI is InChI=1S/C66H37N5S2/c1-3-19-38(20-4-1)39-35-36-52-49(37-39)59-64(69(52)40-21-5-2-6-22-40)67-66(71-51-32-16-12-28-46(51)56-42-24-8-10-26-44(42)58-48-30-14-18-34-54(48)73-63(58)61(56)71)68-65(59)70-50-31-15-11-27-45(50)55-41-23-7-9-25-43(41)57-47-29-13-17-33-53(47)72-62(57)60(55)70/h1-37H. The van der Waals surface area contributed by atoms with Gasteiger partial charge in [-0.05, 0) is 81.2 Å². The van der Waals surface area contributed by atoms with E-state index in [0.717, 1.165) is 66.6 Å². The summed E-state index contributed by atoms with van der Waals surface area (Å²) in [6.07, 6.45) is 0. The van der Waals surface area contributed by atoms with Crippen LogP contribution in [0.15, 0.2) is 224 Å². The van der Waals surface area contributed by atoms with Crippen molar-refractivity contribution >= 4 is 150 Å². The topological polar surface area (TPSA) is 40.6 Å². The van der Waals surface area contributed by atoms with E-state index < -0.39 is 0 Å². The lowest BCUT2D eigenvalue weighted by Gasteiger charge is -2.15. The normalized spacial score (nSPS) is 12.4. The van der Waals surface area contributed by atoms with E-state index in [4.69, 9.17) is 9.97 Å². The minimum absolute atomic E-state index is 0.616. The average Bonchev–Trinajstić information content (AvgIpc) is 4.32. The molecule has 6 aromatic heterocycles. The van der Waals surface area contributed by atoms with Gasteiger partial charge in [-0.1, -0.05) is 176 Å². The third-order valence-corrected chi connectivity index (χ3v) is 17.8. The molecule has 5 nitrogen and oxygen atoms in total. The highest BCUT2D eigenvalue weighted by Gasteiger charge is 2.29. The Balaban J connectivity index is 1.14. The van der Waals surface area contributed by atoms with Gasteiger partial charge in [-0.2, -0.15) is 9.97 Å². The predicted molar refractivity (Wildman–Crippen MR) is 311 cm³/mol. The van der Waals surface area contributed by atoms with E-state index in [1.807, 2.05) is 22.7 Å². The summed E-state index contributed by atoms with van der Waals surface area (Å²) in [5, 5.41) is 16.9. The van der Waals surface area contributed by atoms with Gasteiger partial charge in [-0.15, -0.1) is 22.7 Å². The molecule has 0 aliphatic heterocycles. The van der Waals surface area contributed by atoms with Gasteiger partial charge in [-0.25, -0.2) is 0 Å². The molecule has 17 aromatic rings. The molecular formula is C66H37N5S2. The van der Waals surface area contributed by atoms with Crippen molar-refractivity contribution in [1.29, 1.82) is 0 Å². The van der Waals surface area contributed by atoms with Gasteiger partial charge in [0, 0.05) is 63.6 Å². The van der Waals surface area contributed by atoms with Crippen LogP contribution in [0, 0.1) is 0 Å². The van der Waals surface area contributed by atoms with Crippen LogP contribution in [0.5, 0.6) is 0 Å². The second-order valence-electron chi connectivity index (χ2n) is 19.2. The van der Waals surface area contributed by atoms with Crippen LogP contribution < -0.4 is 0 Å². The Bertz CT molecular complexity index is 5210. The molecule has 0 amide bonds. The summed E-state index contributed by atoms with van der Waals surface area (Å²) in [6.45, 7) is 0. The number of fused-ring (bicyclic) bond motifs is 23. The Hall–Kier alpha value is -9.14. The van der Waals surface area contributed by atoms with Crippen molar-refractivity contribution in [3.8, 4) is 28.6 Å². The number of rotatable bonds is 4. The highest BCUT2D eigenvalue weighted by atomic mass is 32.1. The minimum Gasteiger partial charge on any atom is -0.294 e. The van der Waals surface area contributed by atoms with Crippen molar-refractivity contribution in [1.82, 2.24) is 23.7 Å². The molecule has 6 heterocycles. The second-order valence-corrected chi connectivity index (χ2v) is 21.3. The van der Waals surface area contributed by atoms with E-state index >= 15 is 0 Å². The molecule has 0 saturated heterocycles. The zero-order valence-electron chi connectivity index (χ0n) is 38.9. The maximum Gasteiger partial charge on any atom is 0.238 e. The molecule has 0 unspecified atom stereocenters. The van der Waals surface area contributed by atoms with Gasteiger partial charge in [0.2, 0.25) is 5.95 Å². The minimum atomic E-state index is 0.616. The molecule has 0 spiro atoms. The van der Waals surface area contributed by atoms with E-state index in [1.165, 1.54) is 83.4 Å². The van der Waals surface area contributed by atoms with Gasteiger partial charge < -0.3 is 0 Å². The maximum atomic E-state index is 6.14. The molecule has 0 aliphatic carbocycles. The molecule has 0 radical (unpaired) electrons. The van der Waals surface area contributed by atoms with Crippen molar-refractivity contribution in [2.24, 2.45) is 0 Å². The summed E-state index contributed by atoms with van der Waals surface area (Å²) < 4.78 is 12.2. The molecule has 0 saturated carbocycles. The van der Waals surface area contributed by atoms with Gasteiger partial charge in [0.05, 0.1) is 42.4 Å². The van der Waals surface area contributed by atoms with Crippen molar-refractivity contribution < 1.29 is 0 Å². The molecule has 0 atom stereocenters. The fourth-order valence-corrected chi connectivity index (χ4v) is 15.0. The van der Waals surface area contributed by atoms with E-state index in [2.05, 4.69) is 238 Å². The highest BCUT2D eigenvalue weighted by Crippen LogP contribution is 2.51. The first-order chi connectivity index (χ1) is 36.3. The summed E-state index contributed by atoms with van der Waals surface area (Å²) in [4.78, 5) is 12.1. The third kappa shape index (κ3) is 5.29. The van der Waals surface area contributed by atoms with Crippen molar-refractivity contribution in [2.45, 2.75) is 0 Å². The van der Waals surface area contributed by atoms with Crippen molar-refractivity contribution in [3.63, 3.8) is 0 Å². The second kappa shape index (κ2) is 14.7. The van der Waals surface area contributed by atoms with Gasteiger partial charge in [0.1, 0.15) is 0 Å². The Morgan fingerprint density at radius 2 is 0.753 bits per heavy atom. The third-order valence-electron chi connectivity index (χ3n) is 15.4. The molecule has 0 bridgehead atoms. The van der Waals surface area contributed by atoms with E-state index in [1.54, 1.807) is 0 Å². The first-order valence-corrected chi connectivity index (χ1v) is 26.4. The predicted octanol–water partition coefficient (Wildman–Crippen LogP) is 18.5. The van der Waals surface area contributed by atoms with Crippen LogP contribution in [0.1, 0.15) is 0 Å². The monoisotopic (exact) mass is 963 g/mol. The Labute approximate surface area is 424 Å². The van der Waals surface area contributed by atoms with Crippen LogP contribution in [0.4, 0.5) is 0 Å². The Kier molecular flexibility index (Phi) is 7.97. The van der Waals surface area contributed by atoms with Gasteiger partial charge >= 0.3 is 0 Å². The summed E-state index contributed by atoms with van der Waals surface area (Å²) in [5.41, 5.74) is 9.66. The number of hydrogen-bond donors (Lipinski definition) is 0. The number of hydrogen-bond acceptors (Lipinski definition) is 4. The summed E-state index contributed by atoms with van der Waals surface area (Å²) in [6, 6.07) is 81.9. The number of aromatic nitrogens is 5. The molecule has 0 aliphatic rings. The smallest absolute Gasteiger partial charge is 0.238 e. The molecule has 0 N–H and O–H groups in total. The number of benzene rings is 11. The Morgan fingerprint density at radius 1 is 0.301 bits per heavy atom. The number of para-hydroxylation sites is 3. The van der Waals surface area contributed by atoms with Gasteiger partial charge in [0.15, 0.2) is 11.5 Å². The quantitative estimate of drug-likeness (QED) is 0.176. The molecule has 17 rings (SSSR count). The first kappa shape index (κ1) is 39.6. The van der Waals surface area contributed by atoms with Crippen LogP contribution >= 0.6 is 22.7 Å². The summed E-state index contributed by atoms with van der Waals surface area (Å²) >= 11 is 3.74. The summed E-state index contributed by atoms with van der Waals surface area (Å²) in [7, 11) is 0. The van der Waals surface area contributed by atoms with E-state index in [9.17, 15) is 0 Å². The van der Waals surface area contributed by atoms with E-state index in [-0.39, 0.29) is 0 Å². The van der Waals surface area contributed by atoms with Crippen LogP contribution in [0.3, 0.4) is 0 Å². The van der Waals surface area contributed by atoms with E-state index in [0.29, 0.717) is 5.95 Å². The zero-order valence-corrected chi connectivity index (χ0v) is 40.5. The van der Waals surface area contributed by atoms with Crippen molar-refractivity contribution in [2.75, 3.05) is 0 Å². The lowest BCUT2D eigenvalue weighted by Crippen LogP contribution is -2.08. The summed E-state index contributed by atoms with van der Waals surface area (Å²) in [5.74, 6) is 1.45. The zero-order chi connectivity index (χ0) is 47.5. The number of thiophene rings is 2. The molecule has 11 aromatic carbocycles. The molecule has 338 valence electrons. The fourth-order valence-electron chi connectivity index (χ4n) is 12.5. The molecular weight excluding hydrogens is 927 g/mol. The van der Waals surface area contributed by atoms with Crippen LogP contribution in [-0.2, 0) is 0 Å². The lowest BCUT2D eigenvalue weighted by molar-refractivity contribution is 0.963. The number of nitrogens with zero attached hydrogens (tertiary/aromatic N) is 5. The van der Waals surface area contributed by atoms with Gasteiger partial charge in [0.25, 0.3) is 0 Å². The van der Waals surface area contributed by atoms with Crippen molar-refractivity contribution in [3.05, 3.63) is 224 Å². The van der Waals surface area contributed by atoms with Crippen LogP contribution in [0.2, 0.25) is 0 Å². The largest absolute Gasteiger partial charge is 0.294 e. The molecule has 7 heteroatoms. The molecule has 0 fully saturated rings. The van der Waals surface area contributed by atoms with Gasteiger partial charge in [-0.3, -0.25) is 13.7 Å².